The third kappa shape index (κ3) is 5.28. The fourth-order valence-electron chi connectivity index (χ4n) is 2.31. The van der Waals surface area contributed by atoms with E-state index in [1.165, 1.54) is 0 Å². The molecule has 0 radical (unpaired) electrons. The summed E-state index contributed by atoms with van der Waals surface area (Å²) in [5.74, 6) is -0.889. The van der Waals surface area contributed by atoms with Crippen molar-refractivity contribution < 1.29 is 17.6 Å². The highest BCUT2D eigenvalue weighted by Crippen LogP contribution is 2.32. The zero-order chi connectivity index (χ0) is 16.0. The highest BCUT2D eigenvalue weighted by molar-refractivity contribution is 5.29. The zero-order valence-electron chi connectivity index (χ0n) is 12.4. The first-order valence-corrected chi connectivity index (χ1v) is 7.07. The Morgan fingerprint density at radius 3 is 2.38 bits per heavy atom. The van der Waals surface area contributed by atoms with E-state index >= 15 is 0 Å². The fraction of sp³-hybridized carbons (Fsp3) is 0.600. The van der Waals surface area contributed by atoms with E-state index in [-0.39, 0.29) is 12.1 Å². The smallest absolute Gasteiger partial charge is 0.329 e. The minimum Gasteiger partial charge on any atom is -0.329 e. The Balaban J connectivity index is 2.97. The van der Waals surface area contributed by atoms with E-state index < -0.39 is 23.6 Å². The van der Waals surface area contributed by atoms with Crippen LogP contribution in [-0.4, -0.2) is 25.0 Å². The second-order valence-electron chi connectivity index (χ2n) is 5.21. The summed E-state index contributed by atoms with van der Waals surface area (Å²) >= 11 is 0. The molecule has 0 amide bonds. The molecule has 21 heavy (non-hydrogen) atoms. The summed E-state index contributed by atoms with van der Waals surface area (Å²) in [6, 6.07) is 2.20. The lowest BCUT2D eigenvalue weighted by atomic mass is 10.0. The zero-order valence-corrected chi connectivity index (χ0v) is 12.4. The van der Waals surface area contributed by atoms with Crippen LogP contribution in [0.15, 0.2) is 18.2 Å². The summed E-state index contributed by atoms with van der Waals surface area (Å²) in [7, 11) is 1.80. The number of hydrogen-bond donors (Lipinski definition) is 1. The Morgan fingerprint density at radius 1 is 1.19 bits per heavy atom. The minimum atomic E-state index is -4.56. The predicted molar refractivity (Wildman–Crippen MR) is 75.4 cm³/mol. The molecule has 0 aromatic heterocycles. The summed E-state index contributed by atoms with van der Waals surface area (Å²) in [5.41, 5.74) is 4.97. The molecule has 1 aromatic carbocycles. The highest BCUT2D eigenvalue weighted by atomic mass is 19.4. The van der Waals surface area contributed by atoms with Gasteiger partial charge in [-0.2, -0.15) is 13.2 Å². The van der Waals surface area contributed by atoms with Gasteiger partial charge in [0.2, 0.25) is 0 Å². The van der Waals surface area contributed by atoms with Gasteiger partial charge in [-0.05, 0) is 43.8 Å². The van der Waals surface area contributed by atoms with Gasteiger partial charge in [-0.25, -0.2) is 4.39 Å². The number of rotatable bonds is 7. The summed E-state index contributed by atoms with van der Waals surface area (Å²) in [6.45, 7) is 2.93. The van der Waals surface area contributed by atoms with Crippen molar-refractivity contribution in [3.05, 3.63) is 35.1 Å². The van der Waals surface area contributed by atoms with Gasteiger partial charge in [0.05, 0.1) is 5.56 Å². The molecule has 6 heteroatoms. The van der Waals surface area contributed by atoms with E-state index in [2.05, 4.69) is 6.92 Å². The Hall–Kier alpha value is -1.14. The SMILES string of the molecule is CCCCCN(C)C(CN)c1cc(F)cc(C(F)(F)F)c1. The average Bonchev–Trinajstić information content (AvgIpc) is 2.38. The monoisotopic (exact) mass is 306 g/mol. The quantitative estimate of drug-likeness (QED) is 0.610. The van der Waals surface area contributed by atoms with Crippen molar-refractivity contribution >= 4 is 0 Å². The van der Waals surface area contributed by atoms with E-state index in [0.717, 1.165) is 31.4 Å². The van der Waals surface area contributed by atoms with E-state index in [9.17, 15) is 17.6 Å². The van der Waals surface area contributed by atoms with Gasteiger partial charge in [0, 0.05) is 12.6 Å². The van der Waals surface area contributed by atoms with E-state index in [0.29, 0.717) is 12.6 Å². The molecule has 0 fully saturated rings. The summed E-state index contributed by atoms with van der Waals surface area (Å²) < 4.78 is 51.7. The molecular formula is C15H22F4N2. The summed E-state index contributed by atoms with van der Waals surface area (Å²) in [5, 5.41) is 0. The predicted octanol–water partition coefficient (Wildman–Crippen LogP) is 3.97. The third-order valence-electron chi connectivity index (χ3n) is 3.50. The van der Waals surface area contributed by atoms with Crippen LogP contribution in [0.3, 0.4) is 0 Å². The van der Waals surface area contributed by atoms with Crippen LogP contribution in [0.1, 0.15) is 43.4 Å². The molecule has 1 unspecified atom stereocenters. The number of unbranched alkanes of at least 4 members (excludes halogenated alkanes) is 2. The maximum atomic E-state index is 13.5. The van der Waals surface area contributed by atoms with Crippen LogP contribution in [-0.2, 0) is 6.18 Å². The molecular weight excluding hydrogens is 284 g/mol. The van der Waals surface area contributed by atoms with Crippen molar-refractivity contribution in [2.45, 2.75) is 38.4 Å². The second kappa shape index (κ2) is 7.75. The number of likely N-dealkylation sites (N-methyl/N-ethyl adjacent to an activating group) is 1. The van der Waals surface area contributed by atoms with Gasteiger partial charge in [-0.1, -0.05) is 19.8 Å². The van der Waals surface area contributed by atoms with Gasteiger partial charge in [0.15, 0.2) is 0 Å². The normalized spacial score (nSPS) is 13.7. The Kier molecular flexibility index (Phi) is 6.61. The third-order valence-corrected chi connectivity index (χ3v) is 3.50. The fourth-order valence-corrected chi connectivity index (χ4v) is 2.31. The lowest BCUT2D eigenvalue weighted by molar-refractivity contribution is -0.137. The largest absolute Gasteiger partial charge is 0.416 e. The maximum absolute atomic E-state index is 13.5. The van der Waals surface area contributed by atoms with Crippen LogP contribution in [0.2, 0.25) is 0 Å². The van der Waals surface area contributed by atoms with E-state index in [1.807, 2.05) is 4.90 Å². The second-order valence-corrected chi connectivity index (χ2v) is 5.21. The molecule has 0 spiro atoms. The van der Waals surface area contributed by atoms with Gasteiger partial charge in [-0.3, -0.25) is 4.90 Å². The van der Waals surface area contributed by atoms with Gasteiger partial charge >= 0.3 is 6.18 Å². The van der Waals surface area contributed by atoms with Gasteiger partial charge in [0.1, 0.15) is 5.82 Å². The number of hydrogen-bond acceptors (Lipinski definition) is 2. The van der Waals surface area contributed by atoms with E-state index in [4.69, 9.17) is 5.73 Å². The van der Waals surface area contributed by atoms with Crippen molar-refractivity contribution in [1.82, 2.24) is 4.90 Å². The molecule has 2 N–H and O–H groups in total. The summed E-state index contributed by atoms with van der Waals surface area (Å²) in [4.78, 5) is 1.88. The highest BCUT2D eigenvalue weighted by Gasteiger charge is 2.32. The number of halogens is 4. The first kappa shape index (κ1) is 17.9. The number of nitrogens with zero attached hydrogens (tertiary/aromatic N) is 1. The molecule has 0 aliphatic carbocycles. The Bertz CT molecular complexity index is 446. The van der Waals surface area contributed by atoms with Gasteiger partial charge in [0.25, 0.3) is 0 Å². The average molecular weight is 306 g/mol. The van der Waals surface area contributed by atoms with Crippen molar-refractivity contribution in [2.24, 2.45) is 5.73 Å². The Morgan fingerprint density at radius 2 is 1.86 bits per heavy atom. The van der Waals surface area contributed by atoms with Crippen molar-refractivity contribution in [3.63, 3.8) is 0 Å². The van der Waals surface area contributed by atoms with Crippen LogP contribution in [0.4, 0.5) is 17.6 Å². The molecule has 0 saturated heterocycles. The molecule has 120 valence electrons. The van der Waals surface area contributed by atoms with E-state index in [1.54, 1.807) is 7.05 Å². The molecule has 0 aliphatic heterocycles. The molecule has 2 nitrogen and oxygen atoms in total. The molecule has 0 bridgehead atoms. The number of nitrogens with two attached hydrogens (primary N) is 1. The van der Waals surface area contributed by atoms with Crippen LogP contribution < -0.4 is 5.73 Å². The van der Waals surface area contributed by atoms with Crippen LogP contribution in [0, 0.1) is 5.82 Å². The van der Waals surface area contributed by atoms with Crippen molar-refractivity contribution in [2.75, 3.05) is 20.1 Å². The Labute approximate surface area is 122 Å². The van der Waals surface area contributed by atoms with Crippen LogP contribution in [0.25, 0.3) is 0 Å². The number of benzene rings is 1. The number of alkyl halides is 3. The molecule has 1 aromatic rings. The van der Waals surface area contributed by atoms with Gasteiger partial charge in [-0.15, -0.1) is 0 Å². The van der Waals surface area contributed by atoms with Crippen LogP contribution >= 0.6 is 0 Å². The van der Waals surface area contributed by atoms with Gasteiger partial charge < -0.3 is 5.73 Å². The van der Waals surface area contributed by atoms with Crippen molar-refractivity contribution in [1.29, 1.82) is 0 Å². The van der Waals surface area contributed by atoms with Crippen LogP contribution in [0.5, 0.6) is 0 Å². The minimum absolute atomic E-state index is 0.142. The lowest BCUT2D eigenvalue weighted by Gasteiger charge is -2.28. The molecule has 1 atom stereocenters. The standard InChI is InChI=1S/C15H22F4N2/c1-3-4-5-6-21(2)14(10-20)11-7-12(15(17,18)19)9-13(16)8-11/h7-9,14H,3-6,10,20H2,1-2H3. The lowest BCUT2D eigenvalue weighted by Crippen LogP contribution is -2.31. The first-order valence-electron chi connectivity index (χ1n) is 7.07. The molecule has 0 aliphatic rings. The topological polar surface area (TPSA) is 29.3 Å². The first-order chi connectivity index (χ1) is 9.79. The molecule has 1 rings (SSSR count). The molecule has 0 saturated carbocycles. The molecule has 0 heterocycles. The summed E-state index contributed by atoms with van der Waals surface area (Å²) in [6.07, 6.45) is -1.53. The maximum Gasteiger partial charge on any atom is 0.416 e. The van der Waals surface area contributed by atoms with Crippen molar-refractivity contribution in [3.8, 4) is 0 Å².